The van der Waals surface area contributed by atoms with Gasteiger partial charge in [-0.15, -0.1) is 0 Å². The highest BCUT2D eigenvalue weighted by Crippen LogP contribution is 2.43. The minimum absolute atomic E-state index is 0.134. The fourth-order valence-corrected chi connectivity index (χ4v) is 4.33. The summed E-state index contributed by atoms with van der Waals surface area (Å²) in [6.45, 7) is 2.14. The molecule has 2 fully saturated rings. The molecule has 130 valence electrons. The summed E-state index contributed by atoms with van der Waals surface area (Å²) < 4.78 is 5.22. The van der Waals surface area contributed by atoms with E-state index in [2.05, 4.69) is 5.32 Å². The summed E-state index contributed by atoms with van der Waals surface area (Å²) in [5.41, 5.74) is 0.772. The van der Waals surface area contributed by atoms with Gasteiger partial charge in [-0.25, -0.2) is 9.59 Å². The minimum atomic E-state index is -0.450. The predicted molar refractivity (Wildman–Crippen MR) is 96.4 cm³/mol. The third kappa shape index (κ3) is 2.73. The monoisotopic (exact) mass is 338 g/mol. The molecule has 1 saturated carbocycles. The van der Waals surface area contributed by atoms with E-state index in [-0.39, 0.29) is 24.0 Å². The van der Waals surface area contributed by atoms with Crippen LogP contribution in [0.2, 0.25) is 0 Å². The van der Waals surface area contributed by atoms with Crippen LogP contribution in [-0.4, -0.2) is 35.6 Å². The maximum atomic E-state index is 13.0. The Morgan fingerprint density at radius 1 is 1.16 bits per heavy atom. The van der Waals surface area contributed by atoms with Gasteiger partial charge in [-0.1, -0.05) is 36.4 Å². The highest BCUT2D eigenvalue weighted by molar-refractivity contribution is 6.02. The molecule has 2 aromatic carbocycles. The number of ether oxygens (including phenoxy) is 1. The number of likely N-dealkylation sites (tertiary alicyclic amines) is 1. The molecule has 3 atom stereocenters. The first-order chi connectivity index (χ1) is 12.2. The van der Waals surface area contributed by atoms with Crippen molar-refractivity contribution in [3.05, 3.63) is 42.5 Å². The lowest BCUT2D eigenvalue weighted by Gasteiger charge is -2.33. The Hall–Kier alpha value is -2.56. The van der Waals surface area contributed by atoms with Crippen molar-refractivity contribution in [1.29, 1.82) is 0 Å². The quantitative estimate of drug-likeness (QED) is 0.866. The molecule has 1 heterocycles. The molecule has 2 amide bonds. The van der Waals surface area contributed by atoms with Gasteiger partial charge in [-0.2, -0.15) is 0 Å². The lowest BCUT2D eigenvalue weighted by Crippen LogP contribution is -2.51. The van der Waals surface area contributed by atoms with Gasteiger partial charge in [0, 0.05) is 11.4 Å². The van der Waals surface area contributed by atoms with E-state index in [4.69, 9.17) is 4.74 Å². The summed E-state index contributed by atoms with van der Waals surface area (Å²) in [5, 5.41) is 5.09. The smallest absolute Gasteiger partial charge is 0.329 e. The molecule has 5 heteroatoms. The molecule has 3 unspecified atom stereocenters. The zero-order valence-corrected chi connectivity index (χ0v) is 14.3. The molecule has 25 heavy (non-hydrogen) atoms. The SMILES string of the molecule is CCOC(=O)C1C2CCC(C2)N1C(=O)Nc1cccc2ccccc12. The number of carbonyl (C=O) groups excluding carboxylic acids is 2. The van der Waals surface area contributed by atoms with Gasteiger partial charge in [0.2, 0.25) is 0 Å². The zero-order chi connectivity index (χ0) is 17.4. The highest BCUT2D eigenvalue weighted by atomic mass is 16.5. The fourth-order valence-electron chi connectivity index (χ4n) is 4.33. The van der Waals surface area contributed by atoms with E-state index in [0.29, 0.717) is 6.61 Å². The van der Waals surface area contributed by atoms with Crippen LogP contribution in [0.25, 0.3) is 10.8 Å². The number of amides is 2. The number of nitrogens with zero attached hydrogens (tertiary/aromatic N) is 1. The largest absolute Gasteiger partial charge is 0.464 e. The van der Waals surface area contributed by atoms with Crippen molar-refractivity contribution in [1.82, 2.24) is 4.90 Å². The second-order valence-corrected chi connectivity index (χ2v) is 6.79. The molecule has 1 saturated heterocycles. The van der Waals surface area contributed by atoms with E-state index in [1.165, 1.54) is 0 Å². The zero-order valence-electron chi connectivity index (χ0n) is 14.3. The molecule has 0 aromatic heterocycles. The lowest BCUT2D eigenvalue weighted by molar-refractivity contribution is -0.149. The van der Waals surface area contributed by atoms with Gasteiger partial charge < -0.3 is 15.0 Å². The number of piperidine rings is 1. The van der Waals surface area contributed by atoms with Crippen LogP contribution in [0, 0.1) is 5.92 Å². The van der Waals surface area contributed by atoms with Crippen LogP contribution >= 0.6 is 0 Å². The van der Waals surface area contributed by atoms with Crippen LogP contribution in [0.5, 0.6) is 0 Å². The van der Waals surface area contributed by atoms with Gasteiger partial charge >= 0.3 is 12.0 Å². The van der Waals surface area contributed by atoms with Crippen LogP contribution in [0.4, 0.5) is 10.5 Å². The first kappa shape index (κ1) is 15.9. The standard InChI is InChI=1S/C20H22N2O3/c1-2-25-19(23)18-14-10-11-15(12-14)22(18)20(24)21-17-9-5-7-13-6-3-4-8-16(13)17/h3-9,14-15,18H,2,10-12H2,1H3,(H,21,24). The minimum Gasteiger partial charge on any atom is -0.464 e. The topological polar surface area (TPSA) is 58.6 Å². The third-order valence-corrected chi connectivity index (χ3v) is 5.38. The number of benzene rings is 2. The second kappa shape index (κ2) is 6.39. The molecule has 5 nitrogen and oxygen atoms in total. The average Bonchev–Trinajstić information content (AvgIpc) is 3.23. The van der Waals surface area contributed by atoms with Crippen molar-refractivity contribution in [2.45, 2.75) is 38.3 Å². The molecule has 1 aliphatic carbocycles. The Kier molecular flexibility index (Phi) is 4.07. The van der Waals surface area contributed by atoms with Crippen molar-refractivity contribution >= 4 is 28.5 Å². The molecule has 2 aliphatic rings. The number of carbonyl (C=O) groups is 2. The van der Waals surface area contributed by atoms with Crippen molar-refractivity contribution in [3.63, 3.8) is 0 Å². The molecule has 2 bridgehead atoms. The summed E-state index contributed by atoms with van der Waals surface area (Å²) in [5.74, 6) is -0.0508. The summed E-state index contributed by atoms with van der Waals surface area (Å²) in [7, 11) is 0. The van der Waals surface area contributed by atoms with Crippen LogP contribution in [0.1, 0.15) is 26.2 Å². The first-order valence-corrected chi connectivity index (χ1v) is 8.92. The Morgan fingerprint density at radius 2 is 1.96 bits per heavy atom. The molecule has 2 aromatic rings. The summed E-state index contributed by atoms with van der Waals surface area (Å²) in [4.78, 5) is 27.1. The third-order valence-electron chi connectivity index (χ3n) is 5.38. The van der Waals surface area contributed by atoms with E-state index in [1.807, 2.05) is 42.5 Å². The number of urea groups is 1. The molecule has 1 aliphatic heterocycles. The van der Waals surface area contributed by atoms with Crippen LogP contribution in [0.3, 0.4) is 0 Å². The number of rotatable bonds is 3. The van der Waals surface area contributed by atoms with Crippen molar-refractivity contribution in [2.24, 2.45) is 5.92 Å². The average molecular weight is 338 g/mol. The number of nitrogens with one attached hydrogen (secondary N) is 1. The van der Waals surface area contributed by atoms with Gasteiger partial charge in [0.05, 0.1) is 12.3 Å². The van der Waals surface area contributed by atoms with E-state index in [0.717, 1.165) is 35.7 Å². The fraction of sp³-hybridized carbons (Fsp3) is 0.400. The summed E-state index contributed by atoms with van der Waals surface area (Å²) in [6.07, 6.45) is 2.85. The number of hydrogen-bond donors (Lipinski definition) is 1. The van der Waals surface area contributed by atoms with Crippen LogP contribution in [-0.2, 0) is 9.53 Å². The van der Waals surface area contributed by atoms with Gasteiger partial charge in [-0.3, -0.25) is 0 Å². The predicted octanol–water partition coefficient (Wildman–Crippen LogP) is 3.79. The molecule has 1 N–H and O–H groups in total. The molecule has 0 spiro atoms. The van der Waals surface area contributed by atoms with Crippen LogP contribution < -0.4 is 5.32 Å². The van der Waals surface area contributed by atoms with E-state index < -0.39 is 6.04 Å². The van der Waals surface area contributed by atoms with Gasteiger partial charge in [0.1, 0.15) is 6.04 Å². The maximum Gasteiger partial charge on any atom is 0.329 e. The highest BCUT2D eigenvalue weighted by Gasteiger charge is 2.52. The molecular formula is C20H22N2O3. The Balaban J connectivity index is 1.60. The number of hydrogen-bond acceptors (Lipinski definition) is 3. The Bertz CT molecular complexity index is 814. The van der Waals surface area contributed by atoms with Gasteiger partial charge in [-0.05, 0) is 43.6 Å². The van der Waals surface area contributed by atoms with E-state index in [9.17, 15) is 9.59 Å². The summed E-state index contributed by atoms with van der Waals surface area (Å²) >= 11 is 0. The van der Waals surface area contributed by atoms with Gasteiger partial charge in [0.25, 0.3) is 0 Å². The van der Waals surface area contributed by atoms with E-state index in [1.54, 1.807) is 11.8 Å². The number of esters is 1. The van der Waals surface area contributed by atoms with Gasteiger partial charge in [0.15, 0.2) is 0 Å². The van der Waals surface area contributed by atoms with E-state index >= 15 is 0 Å². The lowest BCUT2D eigenvalue weighted by atomic mass is 9.99. The summed E-state index contributed by atoms with van der Waals surface area (Å²) in [6, 6.07) is 13.3. The van der Waals surface area contributed by atoms with Crippen molar-refractivity contribution in [3.8, 4) is 0 Å². The van der Waals surface area contributed by atoms with Crippen molar-refractivity contribution < 1.29 is 14.3 Å². The molecule has 0 radical (unpaired) electrons. The maximum absolute atomic E-state index is 13.0. The number of fused-ring (bicyclic) bond motifs is 3. The number of anilines is 1. The first-order valence-electron chi connectivity index (χ1n) is 8.92. The Morgan fingerprint density at radius 3 is 2.80 bits per heavy atom. The normalized spacial score (nSPS) is 24.5. The molecule has 4 rings (SSSR count). The second-order valence-electron chi connectivity index (χ2n) is 6.79. The Labute approximate surface area is 146 Å². The molecular weight excluding hydrogens is 316 g/mol. The van der Waals surface area contributed by atoms with Crippen LogP contribution in [0.15, 0.2) is 42.5 Å². The van der Waals surface area contributed by atoms with Crippen molar-refractivity contribution in [2.75, 3.05) is 11.9 Å².